The predicted molar refractivity (Wildman–Crippen MR) is 129 cm³/mol. The van der Waals surface area contributed by atoms with Crippen LogP contribution in [0.2, 0.25) is 0 Å². The molecule has 0 bridgehead atoms. The van der Waals surface area contributed by atoms with Gasteiger partial charge in [0, 0.05) is 13.1 Å². The van der Waals surface area contributed by atoms with Gasteiger partial charge in [0.25, 0.3) is 0 Å². The van der Waals surface area contributed by atoms with E-state index in [0.717, 1.165) is 41.9 Å². The molecule has 0 radical (unpaired) electrons. The van der Waals surface area contributed by atoms with Gasteiger partial charge >= 0.3 is 0 Å². The highest BCUT2D eigenvalue weighted by Gasteiger charge is 2.39. The standard InChI is InChI=1S/C26H35NO4S/c1-5-6-20(2)26(17-21-7-8-21)32(28,29)27(18-22-9-13-24(30-3)14-10-22)19-23-11-15-25(31-4)16-12-23/h5,9-16,20-21,26H,1,6-8,17-19H2,2-4H3. The van der Waals surface area contributed by atoms with Crippen molar-refractivity contribution in [2.24, 2.45) is 11.8 Å². The van der Waals surface area contributed by atoms with Gasteiger partial charge in [-0.2, -0.15) is 4.31 Å². The summed E-state index contributed by atoms with van der Waals surface area (Å²) in [6.07, 6.45) is 5.50. The molecule has 5 nitrogen and oxygen atoms in total. The third kappa shape index (κ3) is 6.36. The number of nitrogens with zero attached hydrogens (tertiary/aromatic N) is 1. The van der Waals surface area contributed by atoms with Crippen LogP contribution in [0, 0.1) is 11.8 Å². The van der Waals surface area contributed by atoms with Gasteiger partial charge in [-0.05, 0) is 60.1 Å². The maximum absolute atomic E-state index is 14.0. The van der Waals surface area contributed by atoms with Gasteiger partial charge in [0.2, 0.25) is 10.0 Å². The van der Waals surface area contributed by atoms with E-state index in [1.54, 1.807) is 18.5 Å². The maximum atomic E-state index is 14.0. The largest absolute Gasteiger partial charge is 0.497 e. The van der Waals surface area contributed by atoms with Crippen LogP contribution in [0.3, 0.4) is 0 Å². The summed E-state index contributed by atoms with van der Waals surface area (Å²) >= 11 is 0. The number of hydrogen-bond acceptors (Lipinski definition) is 4. The number of hydrogen-bond donors (Lipinski definition) is 0. The van der Waals surface area contributed by atoms with Gasteiger partial charge in [0.1, 0.15) is 11.5 Å². The molecular weight excluding hydrogens is 422 g/mol. The Labute approximate surface area is 193 Å². The number of methoxy groups -OCH3 is 2. The number of benzene rings is 2. The summed E-state index contributed by atoms with van der Waals surface area (Å²) in [6.45, 7) is 6.51. The average Bonchev–Trinajstić information content (AvgIpc) is 3.62. The van der Waals surface area contributed by atoms with Crippen molar-refractivity contribution in [3.05, 3.63) is 72.3 Å². The predicted octanol–water partition coefficient (Wildman–Crippen LogP) is 5.42. The van der Waals surface area contributed by atoms with E-state index in [2.05, 4.69) is 6.58 Å². The molecule has 1 fully saturated rings. The monoisotopic (exact) mass is 457 g/mol. The summed E-state index contributed by atoms with van der Waals surface area (Å²) in [6, 6.07) is 15.2. The number of ether oxygens (including phenoxy) is 2. The highest BCUT2D eigenvalue weighted by molar-refractivity contribution is 7.89. The van der Waals surface area contributed by atoms with E-state index in [0.29, 0.717) is 25.4 Å². The Bertz CT molecular complexity index is 916. The van der Waals surface area contributed by atoms with Gasteiger partial charge in [-0.3, -0.25) is 0 Å². The first-order chi connectivity index (χ1) is 15.4. The minimum absolute atomic E-state index is 0.0207. The lowest BCUT2D eigenvalue weighted by atomic mass is 9.99. The van der Waals surface area contributed by atoms with Crippen molar-refractivity contribution in [1.82, 2.24) is 4.31 Å². The van der Waals surface area contributed by atoms with Gasteiger partial charge < -0.3 is 9.47 Å². The van der Waals surface area contributed by atoms with Crippen molar-refractivity contribution in [2.75, 3.05) is 14.2 Å². The number of rotatable bonds is 13. The average molecular weight is 458 g/mol. The van der Waals surface area contributed by atoms with Crippen LogP contribution in [-0.2, 0) is 23.1 Å². The summed E-state index contributed by atoms with van der Waals surface area (Å²) in [4.78, 5) is 0. The molecule has 1 saturated carbocycles. The molecule has 0 heterocycles. The molecule has 2 unspecified atom stereocenters. The van der Waals surface area contributed by atoms with E-state index in [-0.39, 0.29) is 5.92 Å². The van der Waals surface area contributed by atoms with Crippen molar-refractivity contribution in [2.45, 2.75) is 50.9 Å². The van der Waals surface area contributed by atoms with E-state index < -0.39 is 15.3 Å². The summed E-state index contributed by atoms with van der Waals surface area (Å²) in [5.41, 5.74) is 1.87. The molecule has 0 amide bonds. The molecule has 3 rings (SSSR count). The van der Waals surface area contributed by atoms with Crippen LogP contribution in [0.1, 0.15) is 43.7 Å². The second-order valence-electron chi connectivity index (χ2n) is 8.73. The first kappa shape index (κ1) is 24.3. The summed E-state index contributed by atoms with van der Waals surface area (Å²) in [5.74, 6) is 2.05. The molecular formula is C26H35NO4S. The Morgan fingerprint density at radius 1 is 0.969 bits per heavy atom. The smallest absolute Gasteiger partial charge is 0.217 e. The molecule has 2 aromatic carbocycles. The fourth-order valence-electron chi connectivity index (χ4n) is 4.04. The Hall–Kier alpha value is -2.31. The number of sulfonamides is 1. The normalized spacial score (nSPS) is 15.9. The maximum Gasteiger partial charge on any atom is 0.217 e. The van der Waals surface area contributed by atoms with E-state index in [1.807, 2.05) is 61.5 Å². The van der Waals surface area contributed by atoms with E-state index in [4.69, 9.17) is 9.47 Å². The van der Waals surface area contributed by atoms with Gasteiger partial charge in [0.15, 0.2) is 0 Å². The zero-order chi connectivity index (χ0) is 23.1. The Kier molecular flexibility index (Phi) is 8.38. The van der Waals surface area contributed by atoms with E-state index >= 15 is 0 Å². The summed E-state index contributed by atoms with van der Waals surface area (Å²) in [7, 11) is -0.297. The molecule has 0 spiro atoms. The van der Waals surface area contributed by atoms with E-state index in [1.165, 1.54) is 0 Å². The van der Waals surface area contributed by atoms with Gasteiger partial charge in [-0.25, -0.2) is 8.42 Å². The molecule has 2 atom stereocenters. The summed E-state index contributed by atoms with van der Waals surface area (Å²) in [5, 5.41) is -0.413. The van der Waals surface area contributed by atoms with Crippen LogP contribution >= 0.6 is 0 Å². The Morgan fingerprint density at radius 3 is 1.81 bits per heavy atom. The van der Waals surface area contributed by atoms with Gasteiger partial charge in [-0.15, -0.1) is 6.58 Å². The van der Waals surface area contributed by atoms with Crippen LogP contribution in [0.5, 0.6) is 11.5 Å². The molecule has 0 saturated heterocycles. The molecule has 0 N–H and O–H groups in total. The van der Waals surface area contributed by atoms with Crippen molar-refractivity contribution in [3.63, 3.8) is 0 Å². The number of allylic oxidation sites excluding steroid dienone is 1. The van der Waals surface area contributed by atoms with Crippen molar-refractivity contribution in [3.8, 4) is 11.5 Å². The highest BCUT2D eigenvalue weighted by Crippen LogP contribution is 2.39. The van der Waals surface area contributed by atoms with Crippen molar-refractivity contribution < 1.29 is 17.9 Å². The SMILES string of the molecule is C=CCC(C)C(CC1CC1)S(=O)(=O)N(Cc1ccc(OC)cc1)Cc1ccc(OC)cc1. The second kappa shape index (κ2) is 11.0. The third-order valence-corrected chi connectivity index (χ3v) is 8.61. The van der Waals surface area contributed by atoms with Gasteiger partial charge in [-0.1, -0.05) is 50.1 Å². The Morgan fingerprint density at radius 2 is 1.44 bits per heavy atom. The zero-order valence-electron chi connectivity index (χ0n) is 19.4. The van der Waals surface area contributed by atoms with Gasteiger partial charge in [0.05, 0.1) is 19.5 Å². The zero-order valence-corrected chi connectivity index (χ0v) is 20.2. The van der Waals surface area contributed by atoms with Crippen LogP contribution in [0.25, 0.3) is 0 Å². The van der Waals surface area contributed by atoms with Crippen LogP contribution < -0.4 is 9.47 Å². The topological polar surface area (TPSA) is 55.8 Å². The van der Waals surface area contributed by atoms with Crippen LogP contribution in [-0.4, -0.2) is 32.2 Å². The minimum Gasteiger partial charge on any atom is -0.497 e. The fraction of sp³-hybridized carbons (Fsp3) is 0.462. The van der Waals surface area contributed by atoms with E-state index in [9.17, 15) is 8.42 Å². The quantitative estimate of drug-likeness (QED) is 0.377. The Balaban J connectivity index is 1.92. The lowest BCUT2D eigenvalue weighted by Crippen LogP contribution is -2.41. The molecule has 32 heavy (non-hydrogen) atoms. The molecule has 1 aliphatic carbocycles. The van der Waals surface area contributed by atoms with Crippen molar-refractivity contribution in [1.29, 1.82) is 0 Å². The first-order valence-electron chi connectivity index (χ1n) is 11.2. The summed E-state index contributed by atoms with van der Waals surface area (Å²) < 4.78 is 40.2. The minimum atomic E-state index is -3.54. The third-order valence-electron chi connectivity index (χ3n) is 6.21. The molecule has 0 aromatic heterocycles. The molecule has 1 aliphatic rings. The first-order valence-corrected chi connectivity index (χ1v) is 12.7. The van der Waals surface area contributed by atoms with Crippen LogP contribution in [0.15, 0.2) is 61.2 Å². The van der Waals surface area contributed by atoms with Crippen molar-refractivity contribution >= 4 is 10.0 Å². The fourth-order valence-corrected chi connectivity index (χ4v) is 6.30. The molecule has 0 aliphatic heterocycles. The molecule has 174 valence electrons. The molecule has 6 heteroatoms. The second-order valence-corrected chi connectivity index (χ2v) is 10.9. The lowest BCUT2D eigenvalue weighted by molar-refractivity contribution is 0.370. The lowest BCUT2D eigenvalue weighted by Gasteiger charge is -2.31. The highest BCUT2D eigenvalue weighted by atomic mass is 32.2. The van der Waals surface area contributed by atoms with Crippen LogP contribution in [0.4, 0.5) is 0 Å². The molecule has 2 aromatic rings.